The summed E-state index contributed by atoms with van der Waals surface area (Å²) in [5, 5.41) is 12.2. The number of piperidine rings is 1. The van der Waals surface area contributed by atoms with Gasteiger partial charge in [0.25, 0.3) is 0 Å². The second-order valence-electron chi connectivity index (χ2n) is 6.19. The van der Waals surface area contributed by atoms with Crippen LogP contribution in [-0.2, 0) is 14.8 Å². The first kappa shape index (κ1) is 16.7. The summed E-state index contributed by atoms with van der Waals surface area (Å²) in [4.78, 5) is 10.6. The standard InChI is InChI=1S/C14H26N2O4S/c1-2-7-16(21(19,20)8-3-4-14(17)18)13-9-11-5-6-12(10-13)15-11/h11-13,15H,2-10H2,1H3,(H,17,18). The Bertz CT molecular complexity index is 454. The van der Waals surface area contributed by atoms with Gasteiger partial charge in [-0.15, -0.1) is 0 Å². The summed E-state index contributed by atoms with van der Waals surface area (Å²) in [5.74, 6) is -0.995. The van der Waals surface area contributed by atoms with Crippen LogP contribution in [0.3, 0.4) is 0 Å². The third-order valence-corrected chi connectivity index (χ3v) is 6.45. The van der Waals surface area contributed by atoms with Gasteiger partial charge < -0.3 is 10.4 Å². The van der Waals surface area contributed by atoms with Crippen LogP contribution in [0.1, 0.15) is 51.9 Å². The topological polar surface area (TPSA) is 86.7 Å². The molecule has 2 heterocycles. The molecule has 0 saturated carbocycles. The molecule has 0 aromatic carbocycles. The molecule has 2 unspecified atom stereocenters. The monoisotopic (exact) mass is 318 g/mol. The lowest BCUT2D eigenvalue weighted by Crippen LogP contribution is -2.50. The fourth-order valence-electron chi connectivity index (χ4n) is 3.55. The van der Waals surface area contributed by atoms with Crippen molar-refractivity contribution in [1.82, 2.24) is 9.62 Å². The van der Waals surface area contributed by atoms with Crippen LogP contribution < -0.4 is 5.32 Å². The molecule has 2 N–H and O–H groups in total. The van der Waals surface area contributed by atoms with Crippen LogP contribution in [0.15, 0.2) is 0 Å². The third-order valence-electron chi connectivity index (χ3n) is 4.45. The molecule has 0 spiro atoms. The number of sulfonamides is 1. The Labute approximate surface area is 126 Å². The van der Waals surface area contributed by atoms with Gasteiger partial charge in [-0.05, 0) is 38.5 Å². The molecule has 0 aliphatic carbocycles. The van der Waals surface area contributed by atoms with E-state index in [1.54, 1.807) is 4.31 Å². The minimum absolute atomic E-state index is 0.0570. The van der Waals surface area contributed by atoms with E-state index in [-0.39, 0.29) is 24.6 Å². The second kappa shape index (κ2) is 7.07. The molecule has 0 aromatic heterocycles. The maximum absolute atomic E-state index is 12.5. The summed E-state index contributed by atoms with van der Waals surface area (Å²) in [7, 11) is -3.36. The summed E-state index contributed by atoms with van der Waals surface area (Å²) >= 11 is 0. The highest BCUT2D eigenvalue weighted by molar-refractivity contribution is 7.89. The van der Waals surface area contributed by atoms with Gasteiger partial charge in [-0.25, -0.2) is 8.42 Å². The Morgan fingerprint density at radius 3 is 2.43 bits per heavy atom. The van der Waals surface area contributed by atoms with E-state index in [9.17, 15) is 13.2 Å². The van der Waals surface area contributed by atoms with Crippen molar-refractivity contribution in [3.63, 3.8) is 0 Å². The third kappa shape index (κ3) is 4.40. The molecule has 122 valence electrons. The van der Waals surface area contributed by atoms with E-state index in [0.29, 0.717) is 18.6 Å². The fourth-order valence-corrected chi connectivity index (χ4v) is 5.39. The normalized spacial score (nSPS) is 29.0. The molecular weight excluding hydrogens is 292 g/mol. The van der Waals surface area contributed by atoms with Crippen LogP contribution in [-0.4, -0.2) is 54.2 Å². The molecule has 2 aliphatic rings. The lowest BCUT2D eigenvalue weighted by molar-refractivity contribution is -0.137. The number of nitrogens with zero attached hydrogens (tertiary/aromatic N) is 1. The zero-order chi connectivity index (χ0) is 15.5. The van der Waals surface area contributed by atoms with E-state index >= 15 is 0 Å². The van der Waals surface area contributed by atoms with Crippen molar-refractivity contribution in [3.8, 4) is 0 Å². The van der Waals surface area contributed by atoms with Crippen LogP contribution in [0.4, 0.5) is 0 Å². The summed E-state index contributed by atoms with van der Waals surface area (Å²) in [6, 6.07) is 0.975. The largest absolute Gasteiger partial charge is 0.481 e. The minimum Gasteiger partial charge on any atom is -0.481 e. The molecule has 0 amide bonds. The van der Waals surface area contributed by atoms with E-state index in [1.807, 2.05) is 6.92 Å². The van der Waals surface area contributed by atoms with Gasteiger partial charge in [0.05, 0.1) is 5.75 Å². The maximum Gasteiger partial charge on any atom is 0.303 e. The summed E-state index contributed by atoms with van der Waals surface area (Å²) in [6.45, 7) is 2.52. The molecule has 0 radical (unpaired) electrons. The van der Waals surface area contributed by atoms with Gasteiger partial charge in [0.15, 0.2) is 0 Å². The molecule has 2 aliphatic heterocycles. The summed E-state index contributed by atoms with van der Waals surface area (Å²) < 4.78 is 26.7. The Morgan fingerprint density at radius 2 is 1.90 bits per heavy atom. The van der Waals surface area contributed by atoms with E-state index in [1.165, 1.54) is 0 Å². The molecule has 2 fully saturated rings. The lowest BCUT2D eigenvalue weighted by atomic mass is 10.00. The number of rotatable bonds is 8. The molecule has 0 aromatic rings. The van der Waals surface area contributed by atoms with Crippen LogP contribution in [0, 0.1) is 0 Å². The molecular formula is C14H26N2O4S. The quantitative estimate of drug-likeness (QED) is 0.702. The molecule has 21 heavy (non-hydrogen) atoms. The first-order valence-corrected chi connectivity index (χ1v) is 9.50. The van der Waals surface area contributed by atoms with Crippen LogP contribution in [0.2, 0.25) is 0 Å². The van der Waals surface area contributed by atoms with Gasteiger partial charge in [0, 0.05) is 31.1 Å². The number of hydrogen-bond acceptors (Lipinski definition) is 4. The van der Waals surface area contributed by atoms with E-state index in [0.717, 1.165) is 32.1 Å². The first-order valence-electron chi connectivity index (χ1n) is 7.89. The summed E-state index contributed by atoms with van der Waals surface area (Å²) in [6.07, 6.45) is 4.94. The molecule has 7 heteroatoms. The summed E-state index contributed by atoms with van der Waals surface area (Å²) in [5.41, 5.74) is 0. The van der Waals surface area contributed by atoms with Gasteiger partial charge in [-0.1, -0.05) is 6.92 Å². The van der Waals surface area contributed by atoms with Crippen molar-refractivity contribution in [2.45, 2.75) is 70.0 Å². The average Bonchev–Trinajstić information content (AvgIpc) is 2.74. The van der Waals surface area contributed by atoms with Crippen molar-refractivity contribution in [2.75, 3.05) is 12.3 Å². The number of aliphatic carboxylic acids is 1. The predicted octanol–water partition coefficient (Wildman–Crippen LogP) is 1.18. The highest BCUT2D eigenvalue weighted by Gasteiger charge is 2.39. The molecule has 2 atom stereocenters. The Balaban J connectivity index is 2.01. The second-order valence-corrected chi connectivity index (χ2v) is 8.23. The number of hydrogen-bond donors (Lipinski definition) is 2. The SMILES string of the molecule is CCCN(C1CC2CCC(C1)N2)S(=O)(=O)CCCC(=O)O. The predicted molar refractivity (Wildman–Crippen MR) is 80.6 cm³/mol. The Kier molecular flexibility index (Phi) is 5.62. The van der Waals surface area contributed by atoms with E-state index in [2.05, 4.69) is 5.32 Å². The minimum atomic E-state index is -3.36. The average molecular weight is 318 g/mol. The van der Waals surface area contributed by atoms with Crippen LogP contribution >= 0.6 is 0 Å². The van der Waals surface area contributed by atoms with Crippen molar-refractivity contribution in [3.05, 3.63) is 0 Å². The zero-order valence-electron chi connectivity index (χ0n) is 12.6. The Morgan fingerprint density at radius 1 is 1.29 bits per heavy atom. The molecule has 6 nitrogen and oxygen atoms in total. The van der Waals surface area contributed by atoms with Gasteiger partial charge in [-0.2, -0.15) is 4.31 Å². The van der Waals surface area contributed by atoms with Gasteiger partial charge >= 0.3 is 5.97 Å². The van der Waals surface area contributed by atoms with E-state index in [4.69, 9.17) is 5.11 Å². The van der Waals surface area contributed by atoms with Crippen molar-refractivity contribution in [1.29, 1.82) is 0 Å². The van der Waals surface area contributed by atoms with E-state index < -0.39 is 16.0 Å². The van der Waals surface area contributed by atoms with Crippen molar-refractivity contribution >= 4 is 16.0 Å². The van der Waals surface area contributed by atoms with Gasteiger partial charge in [-0.3, -0.25) is 4.79 Å². The fraction of sp³-hybridized carbons (Fsp3) is 0.929. The number of carbonyl (C=O) groups is 1. The van der Waals surface area contributed by atoms with Gasteiger partial charge in [0.2, 0.25) is 10.0 Å². The highest BCUT2D eigenvalue weighted by Crippen LogP contribution is 2.31. The molecule has 2 rings (SSSR count). The maximum atomic E-state index is 12.5. The number of carboxylic acid groups (broad SMARTS) is 1. The van der Waals surface area contributed by atoms with Crippen molar-refractivity contribution < 1.29 is 18.3 Å². The lowest BCUT2D eigenvalue weighted by Gasteiger charge is -2.37. The van der Waals surface area contributed by atoms with Crippen LogP contribution in [0.25, 0.3) is 0 Å². The molecule has 2 saturated heterocycles. The number of nitrogens with one attached hydrogen (secondary N) is 1. The van der Waals surface area contributed by atoms with Gasteiger partial charge in [0.1, 0.15) is 0 Å². The Hall–Kier alpha value is -0.660. The first-order chi connectivity index (χ1) is 9.92. The van der Waals surface area contributed by atoms with Crippen molar-refractivity contribution in [2.24, 2.45) is 0 Å². The van der Waals surface area contributed by atoms with Crippen LogP contribution in [0.5, 0.6) is 0 Å². The zero-order valence-corrected chi connectivity index (χ0v) is 13.4. The highest BCUT2D eigenvalue weighted by atomic mass is 32.2. The smallest absolute Gasteiger partial charge is 0.303 e. The number of carboxylic acids is 1. The molecule has 2 bridgehead atoms. The number of fused-ring (bicyclic) bond motifs is 2.